The van der Waals surface area contributed by atoms with Crippen LogP contribution in [-0.2, 0) is 0 Å². The third-order valence-corrected chi connectivity index (χ3v) is 5.14. The molecule has 0 aromatic heterocycles. The predicted octanol–water partition coefficient (Wildman–Crippen LogP) is 5.20. The van der Waals surface area contributed by atoms with Crippen molar-refractivity contribution in [2.24, 2.45) is 11.8 Å². The van der Waals surface area contributed by atoms with E-state index in [9.17, 15) is 4.79 Å². The summed E-state index contributed by atoms with van der Waals surface area (Å²) in [6.07, 6.45) is 5.91. The summed E-state index contributed by atoms with van der Waals surface area (Å²) in [5.74, 6) is 2.57. The normalized spacial score (nSPS) is 23.3. The lowest BCUT2D eigenvalue weighted by molar-refractivity contribution is 0.0871. The molecule has 0 unspecified atom stereocenters. The van der Waals surface area contributed by atoms with Crippen LogP contribution in [0.4, 0.5) is 0 Å². The largest absolute Gasteiger partial charge is 0.294 e. The Bertz CT molecular complexity index is 402. The van der Waals surface area contributed by atoms with Gasteiger partial charge in [-0.05, 0) is 49.5 Å². The predicted molar refractivity (Wildman–Crippen MR) is 82.9 cm³/mol. The summed E-state index contributed by atoms with van der Waals surface area (Å²) in [5, 5.41) is 0. The van der Waals surface area contributed by atoms with Crippen molar-refractivity contribution in [1.82, 2.24) is 0 Å². The molecule has 0 amide bonds. The molecule has 1 saturated carbocycles. The molecule has 104 valence electrons. The van der Waals surface area contributed by atoms with Gasteiger partial charge in [0.15, 0.2) is 5.78 Å². The smallest absolute Gasteiger partial charge is 0.165 e. The van der Waals surface area contributed by atoms with Crippen molar-refractivity contribution in [2.45, 2.75) is 50.8 Å². The molecule has 1 aliphatic carbocycles. The lowest BCUT2D eigenvalue weighted by atomic mass is 9.78. The summed E-state index contributed by atoms with van der Waals surface area (Å²) >= 11 is 1.82. The van der Waals surface area contributed by atoms with E-state index < -0.39 is 0 Å². The zero-order chi connectivity index (χ0) is 13.7. The molecule has 1 aromatic rings. The van der Waals surface area contributed by atoms with Crippen molar-refractivity contribution in [1.29, 1.82) is 0 Å². The number of thioether (sulfide) groups is 1. The van der Waals surface area contributed by atoms with Gasteiger partial charge >= 0.3 is 0 Å². The van der Waals surface area contributed by atoms with Gasteiger partial charge in [0.05, 0.1) is 0 Å². The Morgan fingerprint density at radius 1 is 1.11 bits per heavy atom. The molecule has 1 fully saturated rings. The Kier molecular flexibility index (Phi) is 5.50. The van der Waals surface area contributed by atoms with Gasteiger partial charge in [-0.1, -0.05) is 32.4 Å². The number of ketones is 1. The first-order valence-electron chi connectivity index (χ1n) is 7.51. The van der Waals surface area contributed by atoms with Crippen LogP contribution < -0.4 is 0 Å². The van der Waals surface area contributed by atoms with E-state index in [1.165, 1.54) is 24.2 Å². The molecule has 0 spiro atoms. The molecule has 0 saturated heterocycles. The van der Waals surface area contributed by atoms with E-state index in [0.717, 1.165) is 30.1 Å². The van der Waals surface area contributed by atoms with Crippen LogP contribution in [-0.4, -0.2) is 11.5 Å². The minimum atomic E-state index is 0.271. The van der Waals surface area contributed by atoms with Gasteiger partial charge in [0.2, 0.25) is 0 Å². The lowest BCUT2D eigenvalue weighted by Crippen LogP contribution is -2.21. The number of Topliss-reactive ketones (excluding diaryl/α,β-unsaturated/α-hetero) is 1. The summed E-state index contributed by atoms with van der Waals surface area (Å²) < 4.78 is 0. The quantitative estimate of drug-likeness (QED) is 0.543. The number of carbonyl (C=O) groups is 1. The first-order chi connectivity index (χ1) is 9.24. The number of benzene rings is 1. The van der Waals surface area contributed by atoms with Crippen molar-refractivity contribution in [3.63, 3.8) is 0 Å². The maximum atomic E-state index is 12.5. The number of hydrogen-bond acceptors (Lipinski definition) is 2. The monoisotopic (exact) mass is 276 g/mol. The topological polar surface area (TPSA) is 17.1 Å². The standard InChI is InChI=1S/C17H24OS/c1-3-13-5-7-14(8-6-13)17(18)15-9-11-16(12-10-15)19-4-2/h9-14H,3-8H2,1-2H3. The van der Waals surface area contributed by atoms with Crippen LogP contribution in [0.15, 0.2) is 29.2 Å². The van der Waals surface area contributed by atoms with Gasteiger partial charge in [0.1, 0.15) is 0 Å². The molecule has 2 rings (SSSR count). The highest BCUT2D eigenvalue weighted by Gasteiger charge is 2.26. The first kappa shape index (κ1) is 14.6. The van der Waals surface area contributed by atoms with Crippen molar-refractivity contribution >= 4 is 17.5 Å². The molecule has 1 nitrogen and oxygen atoms in total. The molecular weight excluding hydrogens is 252 g/mol. The molecule has 0 heterocycles. The fourth-order valence-electron chi connectivity index (χ4n) is 2.95. The fraction of sp³-hybridized carbons (Fsp3) is 0.588. The maximum absolute atomic E-state index is 12.5. The average Bonchev–Trinajstić information content (AvgIpc) is 2.48. The van der Waals surface area contributed by atoms with Crippen molar-refractivity contribution in [2.75, 3.05) is 5.75 Å². The van der Waals surface area contributed by atoms with Gasteiger partial charge < -0.3 is 0 Å². The molecule has 0 atom stereocenters. The van der Waals surface area contributed by atoms with Gasteiger partial charge in [-0.25, -0.2) is 0 Å². The Labute approximate surface area is 121 Å². The van der Waals surface area contributed by atoms with E-state index in [4.69, 9.17) is 0 Å². The third kappa shape index (κ3) is 3.85. The first-order valence-corrected chi connectivity index (χ1v) is 8.50. The number of rotatable bonds is 5. The van der Waals surface area contributed by atoms with Crippen LogP contribution in [0.3, 0.4) is 0 Å². The van der Waals surface area contributed by atoms with Crippen LogP contribution in [0, 0.1) is 11.8 Å². The van der Waals surface area contributed by atoms with Gasteiger partial charge in [0.25, 0.3) is 0 Å². The highest BCUT2D eigenvalue weighted by Crippen LogP contribution is 2.32. The SMILES string of the molecule is CCSc1ccc(C(=O)C2CCC(CC)CC2)cc1. The average molecular weight is 276 g/mol. The summed E-state index contributed by atoms with van der Waals surface area (Å²) in [5.41, 5.74) is 0.903. The molecule has 0 aliphatic heterocycles. The second-order valence-electron chi connectivity index (χ2n) is 5.45. The lowest BCUT2D eigenvalue weighted by Gasteiger charge is -2.26. The van der Waals surface area contributed by atoms with Gasteiger partial charge in [-0.3, -0.25) is 4.79 Å². The van der Waals surface area contributed by atoms with E-state index in [2.05, 4.69) is 26.0 Å². The van der Waals surface area contributed by atoms with Crippen LogP contribution in [0.1, 0.15) is 56.3 Å². The van der Waals surface area contributed by atoms with Crippen LogP contribution >= 0.6 is 11.8 Å². The highest BCUT2D eigenvalue weighted by molar-refractivity contribution is 7.99. The van der Waals surface area contributed by atoms with Crippen LogP contribution in [0.25, 0.3) is 0 Å². The summed E-state index contributed by atoms with van der Waals surface area (Å²) in [6, 6.07) is 8.18. The second kappa shape index (κ2) is 7.14. The summed E-state index contributed by atoms with van der Waals surface area (Å²) in [6.45, 7) is 4.41. The molecule has 0 radical (unpaired) electrons. The van der Waals surface area contributed by atoms with E-state index in [-0.39, 0.29) is 5.92 Å². The Morgan fingerprint density at radius 2 is 1.74 bits per heavy atom. The minimum Gasteiger partial charge on any atom is -0.294 e. The van der Waals surface area contributed by atoms with Crippen molar-refractivity contribution in [3.8, 4) is 0 Å². The summed E-state index contributed by atoms with van der Waals surface area (Å²) in [4.78, 5) is 13.7. The minimum absolute atomic E-state index is 0.271. The molecule has 0 N–H and O–H groups in total. The van der Waals surface area contributed by atoms with E-state index in [1.807, 2.05) is 23.9 Å². The second-order valence-corrected chi connectivity index (χ2v) is 6.78. The Morgan fingerprint density at radius 3 is 2.26 bits per heavy atom. The number of hydrogen-bond donors (Lipinski definition) is 0. The van der Waals surface area contributed by atoms with Crippen LogP contribution in [0.5, 0.6) is 0 Å². The molecule has 19 heavy (non-hydrogen) atoms. The Balaban J connectivity index is 1.96. The van der Waals surface area contributed by atoms with Gasteiger partial charge in [-0.15, -0.1) is 11.8 Å². The van der Waals surface area contributed by atoms with E-state index in [1.54, 1.807) is 0 Å². The van der Waals surface area contributed by atoms with Crippen LogP contribution in [0.2, 0.25) is 0 Å². The molecule has 0 bridgehead atoms. The molecule has 1 aliphatic rings. The zero-order valence-corrected chi connectivity index (χ0v) is 12.8. The fourth-order valence-corrected chi connectivity index (χ4v) is 3.61. The molecule has 1 aromatic carbocycles. The summed E-state index contributed by atoms with van der Waals surface area (Å²) in [7, 11) is 0. The molecular formula is C17H24OS. The maximum Gasteiger partial charge on any atom is 0.165 e. The van der Waals surface area contributed by atoms with Crippen molar-refractivity contribution < 1.29 is 4.79 Å². The van der Waals surface area contributed by atoms with E-state index >= 15 is 0 Å². The van der Waals surface area contributed by atoms with Gasteiger partial charge in [0, 0.05) is 16.4 Å². The zero-order valence-electron chi connectivity index (χ0n) is 12.0. The number of carbonyl (C=O) groups excluding carboxylic acids is 1. The Hall–Kier alpha value is -0.760. The highest BCUT2D eigenvalue weighted by atomic mass is 32.2. The van der Waals surface area contributed by atoms with Gasteiger partial charge in [-0.2, -0.15) is 0 Å². The van der Waals surface area contributed by atoms with Crippen molar-refractivity contribution in [3.05, 3.63) is 29.8 Å². The third-order valence-electron chi connectivity index (χ3n) is 4.24. The van der Waals surface area contributed by atoms with E-state index in [0.29, 0.717) is 5.78 Å². The molecule has 2 heteroatoms.